The van der Waals surface area contributed by atoms with Gasteiger partial charge in [-0.2, -0.15) is 0 Å². The van der Waals surface area contributed by atoms with Gasteiger partial charge in [-0.25, -0.2) is 4.98 Å². The lowest BCUT2D eigenvalue weighted by Crippen LogP contribution is -2.21. The summed E-state index contributed by atoms with van der Waals surface area (Å²) >= 11 is 0. The van der Waals surface area contributed by atoms with E-state index >= 15 is 0 Å². The number of H-pyrrole nitrogens is 1. The van der Waals surface area contributed by atoms with Crippen molar-refractivity contribution in [3.8, 4) is 0 Å². The van der Waals surface area contributed by atoms with Gasteiger partial charge >= 0.3 is 0 Å². The molecule has 5 heteroatoms. The van der Waals surface area contributed by atoms with Crippen molar-refractivity contribution in [1.82, 2.24) is 15.4 Å². The second-order valence-corrected chi connectivity index (χ2v) is 5.04. The molecule has 0 amide bonds. The Kier molecular flexibility index (Phi) is 3.72. The third-order valence-corrected chi connectivity index (χ3v) is 3.42. The molecule has 3 aromatic rings. The SMILES string of the molecule is Cc1ccc(/C(=C/c2nc3ccccc3[nH]c2=O)NN)cc1. The summed E-state index contributed by atoms with van der Waals surface area (Å²) in [5.74, 6) is 5.60. The summed E-state index contributed by atoms with van der Waals surface area (Å²) in [4.78, 5) is 19.3. The minimum atomic E-state index is -0.251. The molecule has 1 heterocycles. The Balaban J connectivity index is 2.10. The zero-order chi connectivity index (χ0) is 15.5. The molecule has 0 spiro atoms. The lowest BCUT2D eigenvalue weighted by Gasteiger charge is -2.07. The number of rotatable bonds is 3. The maximum Gasteiger partial charge on any atom is 0.274 e. The van der Waals surface area contributed by atoms with E-state index < -0.39 is 0 Å². The van der Waals surface area contributed by atoms with E-state index in [0.717, 1.165) is 16.6 Å². The molecule has 5 nitrogen and oxygen atoms in total. The van der Waals surface area contributed by atoms with Gasteiger partial charge in [-0.15, -0.1) is 0 Å². The van der Waals surface area contributed by atoms with E-state index in [9.17, 15) is 4.79 Å². The monoisotopic (exact) mass is 292 g/mol. The number of para-hydroxylation sites is 2. The third kappa shape index (κ3) is 2.75. The van der Waals surface area contributed by atoms with Crippen molar-refractivity contribution in [1.29, 1.82) is 0 Å². The first kappa shape index (κ1) is 14.0. The van der Waals surface area contributed by atoms with Gasteiger partial charge in [-0.1, -0.05) is 42.0 Å². The van der Waals surface area contributed by atoms with Crippen LogP contribution in [0.4, 0.5) is 0 Å². The van der Waals surface area contributed by atoms with Crippen LogP contribution in [0.3, 0.4) is 0 Å². The third-order valence-electron chi connectivity index (χ3n) is 3.42. The highest BCUT2D eigenvalue weighted by atomic mass is 16.1. The van der Waals surface area contributed by atoms with Crippen LogP contribution in [0.25, 0.3) is 22.8 Å². The summed E-state index contributed by atoms with van der Waals surface area (Å²) in [6.45, 7) is 2.01. The molecule has 0 saturated heterocycles. The molecule has 2 aromatic carbocycles. The molecule has 1 aromatic heterocycles. The van der Waals surface area contributed by atoms with E-state index in [1.807, 2.05) is 55.5 Å². The molecule has 3 rings (SSSR count). The molecular formula is C17H16N4O. The summed E-state index contributed by atoms with van der Waals surface area (Å²) in [7, 11) is 0. The number of nitrogens with one attached hydrogen (secondary N) is 2. The Morgan fingerprint density at radius 1 is 1.18 bits per heavy atom. The van der Waals surface area contributed by atoms with Gasteiger partial charge in [0, 0.05) is 0 Å². The standard InChI is InChI=1S/C17H16N4O/c1-11-6-8-12(9-7-11)15(21-18)10-16-17(22)20-14-5-3-2-4-13(14)19-16/h2-10,21H,18H2,1H3,(H,20,22)/b15-10-. The number of aromatic amines is 1. The molecule has 0 bridgehead atoms. The number of aromatic nitrogens is 2. The van der Waals surface area contributed by atoms with Crippen LogP contribution < -0.4 is 16.8 Å². The normalized spacial score (nSPS) is 11.6. The Morgan fingerprint density at radius 2 is 1.91 bits per heavy atom. The number of hydrogen-bond donors (Lipinski definition) is 3. The van der Waals surface area contributed by atoms with Gasteiger partial charge in [0.2, 0.25) is 0 Å². The van der Waals surface area contributed by atoms with Crippen molar-refractivity contribution >= 4 is 22.8 Å². The van der Waals surface area contributed by atoms with E-state index in [-0.39, 0.29) is 5.56 Å². The highest BCUT2D eigenvalue weighted by molar-refractivity contribution is 5.81. The van der Waals surface area contributed by atoms with E-state index in [0.29, 0.717) is 16.9 Å². The van der Waals surface area contributed by atoms with Crippen molar-refractivity contribution in [3.05, 3.63) is 75.7 Å². The van der Waals surface area contributed by atoms with E-state index in [1.54, 1.807) is 6.08 Å². The summed E-state index contributed by atoms with van der Waals surface area (Å²) in [5, 5.41) is 0. The van der Waals surface area contributed by atoms with Crippen molar-refractivity contribution < 1.29 is 0 Å². The van der Waals surface area contributed by atoms with Gasteiger partial charge in [0.1, 0.15) is 5.69 Å². The van der Waals surface area contributed by atoms with Gasteiger partial charge < -0.3 is 10.4 Å². The molecule has 0 aliphatic heterocycles. The Bertz CT molecular complexity index is 894. The van der Waals surface area contributed by atoms with Crippen LogP contribution in [0, 0.1) is 6.92 Å². The van der Waals surface area contributed by atoms with Gasteiger partial charge in [0.15, 0.2) is 0 Å². The first-order valence-corrected chi connectivity index (χ1v) is 6.92. The fraction of sp³-hybridized carbons (Fsp3) is 0.0588. The number of hydrogen-bond acceptors (Lipinski definition) is 4. The van der Waals surface area contributed by atoms with E-state index in [4.69, 9.17) is 5.84 Å². The molecule has 0 saturated carbocycles. The molecule has 4 N–H and O–H groups in total. The molecule has 0 aliphatic carbocycles. The molecule has 0 fully saturated rings. The number of hydrazine groups is 1. The van der Waals surface area contributed by atoms with Crippen molar-refractivity contribution in [3.63, 3.8) is 0 Å². The molecule has 0 unspecified atom stereocenters. The lowest BCUT2D eigenvalue weighted by molar-refractivity contribution is 0.995. The molecule has 110 valence electrons. The maximum absolute atomic E-state index is 12.1. The second kappa shape index (κ2) is 5.83. The molecule has 0 radical (unpaired) electrons. The summed E-state index contributed by atoms with van der Waals surface area (Å²) in [6, 6.07) is 15.3. The van der Waals surface area contributed by atoms with Gasteiger partial charge in [0.25, 0.3) is 5.56 Å². The summed E-state index contributed by atoms with van der Waals surface area (Å²) < 4.78 is 0. The molecular weight excluding hydrogens is 276 g/mol. The predicted octanol–water partition coefficient (Wildman–Crippen LogP) is 2.19. The average molecular weight is 292 g/mol. The molecule has 22 heavy (non-hydrogen) atoms. The van der Waals surface area contributed by atoms with Crippen LogP contribution in [0.5, 0.6) is 0 Å². The second-order valence-electron chi connectivity index (χ2n) is 5.04. The van der Waals surface area contributed by atoms with E-state index in [1.165, 1.54) is 0 Å². The van der Waals surface area contributed by atoms with Crippen LogP contribution >= 0.6 is 0 Å². The topological polar surface area (TPSA) is 83.8 Å². The molecule has 0 atom stereocenters. The van der Waals surface area contributed by atoms with Crippen LogP contribution in [-0.2, 0) is 0 Å². The smallest absolute Gasteiger partial charge is 0.274 e. The zero-order valence-corrected chi connectivity index (χ0v) is 12.1. The summed E-state index contributed by atoms with van der Waals surface area (Å²) in [5.41, 5.74) is 6.81. The number of nitrogens with two attached hydrogens (primary N) is 1. The van der Waals surface area contributed by atoms with Crippen molar-refractivity contribution in [2.75, 3.05) is 0 Å². The average Bonchev–Trinajstić information content (AvgIpc) is 2.54. The van der Waals surface area contributed by atoms with Crippen LogP contribution in [0.2, 0.25) is 0 Å². The lowest BCUT2D eigenvalue weighted by atomic mass is 10.1. The maximum atomic E-state index is 12.1. The van der Waals surface area contributed by atoms with Crippen LogP contribution in [-0.4, -0.2) is 9.97 Å². The van der Waals surface area contributed by atoms with E-state index in [2.05, 4.69) is 15.4 Å². The van der Waals surface area contributed by atoms with Crippen molar-refractivity contribution in [2.45, 2.75) is 6.92 Å². The van der Waals surface area contributed by atoms with Crippen LogP contribution in [0.1, 0.15) is 16.8 Å². The minimum Gasteiger partial charge on any atom is -0.323 e. The Morgan fingerprint density at radius 3 is 2.64 bits per heavy atom. The fourth-order valence-corrected chi connectivity index (χ4v) is 2.22. The highest BCUT2D eigenvalue weighted by Gasteiger charge is 2.05. The number of aryl methyl sites for hydroxylation is 1. The minimum absolute atomic E-state index is 0.251. The van der Waals surface area contributed by atoms with Crippen LogP contribution in [0.15, 0.2) is 53.3 Å². The zero-order valence-electron chi connectivity index (χ0n) is 12.1. The number of fused-ring (bicyclic) bond motifs is 1. The van der Waals surface area contributed by atoms with Gasteiger partial charge in [-0.3, -0.25) is 10.6 Å². The first-order valence-electron chi connectivity index (χ1n) is 6.92. The summed E-state index contributed by atoms with van der Waals surface area (Å²) in [6.07, 6.45) is 1.65. The Labute approximate surface area is 127 Å². The van der Waals surface area contributed by atoms with Gasteiger partial charge in [0.05, 0.1) is 16.7 Å². The quantitative estimate of drug-likeness (QED) is 0.510. The first-order chi connectivity index (χ1) is 10.7. The van der Waals surface area contributed by atoms with Crippen molar-refractivity contribution in [2.24, 2.45) is 5.84 Å². The predicted molar refractivity (Wildman–Crippen MR) is 88.7 cm³/mol. The number of benzene rings is 2. The molecule has 0 aliphatic rings. The Hall–Kier alpha value is -2.92. The fourth-order valence-electron chi connectivity index (χ4n) is 2.22. The number of nitrogens with zero attached hydrogens (tertiary/aromatic N) is 1. The largest absolute Gasteiger partial charge is 0.323 e. The highest BCUT2D eigenvalue weighted by Crippen LogP contribution is 2.15. The van der Waals surface area contributed by atoms with Gasteiger partial charge in [-0.05, 0) is 30.7 Å².